The van der Waals surface area contributed by atoms with Crippen LogP contribution in [0.2, 0.25) is 0 Å². The molecule has 1 atom stereocenters. The predicted octanol–water partition coefficient (Wildman–Crippen LogP) is 4.02. The van der Waals surface area contributed by atoms with Gasteiger partial charge in [-0.25, -0.2) is 0 Å². The number of rotatable bonds is 4. The van der Waals surface area contributed by atoms with Crippen LogP contribution in [-0.2, 0) is 0 Å². The third kappa shape index (κ3) is 4.23. The van der Waals surface area contributed by atoms with Gasteiger partial charge in [0.25, 0.3) is 0 Å². The molecule has 11 heavy (non-hydrogen) atoms. The molecule has 0 nitrogen and oxygen atoms in total. The molecule has 0 amide bonds. The molecule has 0 aromatic heterocycles. The molecule has 0 heteroatoms. The highest BCUT2D eigenvalue weighted by Gasteiger charge is 2.07. The summed E-state index contributed by atoms with van der Waals surface area (Å²) in [7, 11) is 0. The predicted molar refractivity (Wildman–Crippen MR) is 52.7 cm³/mol. The van der Waals surface area contributed by atoms with Gasteiger partial charge in [0.05, 0.1) is 0 Å². The van der Waals surface area contributed by atoms with Crippen LogP contribution in [0.25, 0.3) is 0 Å². The summed E-state index contributed by atoms with van der Waals surface area (Å²) >= 11 is 0. The van der Waals surface area contributed by atoms with Gasteiger partial charge in [-0.15, -0.1) is 0 Å². The molecule has 0 radical (unpaired) electrons. The van der Waals surface area contributed by atoms with E-state index < -0.39 is 0 Å². The van der Waals surface area contributed by atoms with Gasteiger partial charge in [-0.1, -0.05) is 39.3 Å². The van der Waals surface area contributed by atoms with Crippen LogP contribution in [0.4, 0.5) is 0 Å². The first-order chi connectivity index (χ1) is 5.11. The fourth-order valence-corrected chi connectivity index (χ4v) is 1.70. The monoisotopic (exact) mass is 154 g/mol. The molecule has 0 aromatic rings. The number of allylic oxidation sites excluding steroid dienone is 2. The quantitative estimate of drug-likeness (QED) is 0.536. The molecule has 1 unspecified atom stereocenters. The lowest BCUT2D eigenvalue weighted by atomic mass is 9.90. The Labute approximate surface area is 71.7 Å². The zero-order chi connectivity index (χ0) is 8.85. The van der Waals surface area contributed by atoms with Crippen LogP contribution in [0.15, 0.2) is 11.6 Å². The molecular formula is C11H22. The second-order valence-electron chi connectivity index (χ2n) is 3.75. The molecule has 0 bridgehead atoms. The summed E-state index contributed by atoms with van der Waals surface area (Å²) in [5, 5.41) is 0. The summed E-state index contributed by atoms with van der Waals surface area (Å²) in [6.07, 6.45) is 4.81. The Kier molecular flexibility index (Phi) is 5.27. The number of hydrogen-bond donors (Lipinski definition) is 0. The van der Waals surface area contributed by atoms with Crippen molar-refractivity contribution in [1.29, 1.82) is 0 Å². The van der Waals surface area contributed by atoms with Gasteiger partial charge in [-0.2, -0.15) is 0 Å². The molecule has 0 saturated carbocycles. The van der Waals surface area contributed by atoms with Gasteiger partial charge in [0.2, 0.25) is 0 Å². The minimum Gasteiger partial charge on any atom is -0.0882 e. The Balaban J connectivity index is 3.90. The Bertz CT molecular complexity index is 120. The number of hydrogen-bond acceptors (Lipinski definition) is 0. The highest BCUT2D eigenvalue weighted by atomic mass is 14.1. The van der Waals surface area contributed by atoms with E-state index in [4.69, 9.17) is 0 Å². The molecule has 0 heterocycles. The van der Waals surface area contributed by atoms with Crippen molar-refractivity contribution >= 4 is 0 Å². The summed E-state index contributed by atoms with van der Waals surface area (Å²) in [6, 6.07) is 0. The fraction of sp³-hybridized carbons (Fsp3) is 0.818. The van der Waals surface area contributed by atoms with Gasteiger partial charge in [-0.05, 0) is 31.6 Å². The van der Waals surface area contributed by atoms with Gasteiger partial charge in [0, 0.05) is 0 Å². The van der Waals surface area contributed by atoms with Crippen LogP contribution in [0.3, 0.4) is 0 Å². The van der Waals surface area contributed by atoms with Crippen molar-refractivity contribution in [1.82, 2.24) is 0 Å². The van der Waals surface area contributed by atoms with Crippen LogP contribution < -0.4 is 0 Å². The van der Waals surface area contributed by atoms with Crippen molar-refractivity contribution in [3.05, 3.63) is 11.6 Å². The molecule has 0 aliphatic heterocycles. The SMILES string of the molecule is CC=C(CC)C(C)CC(C)C. The van der Waals surface area contributed by atoms with E-state index in [1.807, 2.05) is 0 Å². The van der Waals surface area contributed by atoms with Gasteiger partial charge >= 0.3 is 0 Å². The molecule has 66 valence electrons. The van der Waals surface area contributed by atoms with Crippen molar-refractivity contribution in [2.75, 3.05) is 0 Å². The van der Waals surface area contributed by atoms with Crippen molar-refractivity contribution in [2.45, 2.75) is 47.5 Å². The zero-order valence-corrected chi connectivity index (χ0v) is 8.65. The first-order valence-corrected chi connectivity index (χ1v) is 4.76. The summed E-state index contributed by atoms with van der Waals surface area (Å²) in [6.45, 7) is 11.3. The average molecular weight is 154 g/mol. The Morgan fingerprint density at radius 1 is 1.27 bits per heavy atom. The van der Waals surface area contributed by atoms with E-state index in [-0.39, 0.29) is 0 Å². The smallest absolute Gasteiger partial charge is 0.0229 e. The van der Waals surface area contributed by atoms with E-state index in [1.54, 1.807) is 5.57 Å². The van der Waals surface area contributed by atoms with E-state index in [9.17, 15) is 0 Å². The molecule has 0 saturated heterocycles. The lowest BCUT2D eigenvalue weighted by molar-refractivity contribution is 0.478. The third-order valence-corrected chi connectivity index (χ3v) is 2.24. The molecule has 0 rings (SSSR count). The van der Waals surface area contributed by atoms with E-state index >= 15 is 0 Å². The molecule has 0 fully saturated rings. The molecule has 0 aliphatic rings. The lowest BCUT2D eigenvalue weighted by Gasteiger charge is -2.16. The minimum absolute atomic E-state index is 0.782. The Hall–Kier alpha value is -0.260. The summed E-state index contributed by atoms with van der Waals surface area (Å²) in [5.74, 6) is 1.61. The van der Waals surface area contributed by atoms with E-state index in [2.05, 4.69) is 40.7 Å². The first-order valence-electron chi connectivity index (χ1n) is 4.76. The maximum Gasteiger partial charge on any atom is -0.0229 e. The van der Waals surface area contributed by atoms with E-state index in [0.29, 0.717) is 0 Å². The molecule has 0 N–H and O–H groups in total. The van der Waals surface area contributed by atoms with Crippen molar-refractivity contribution in [3.8, 4) is 0 Å². The Morgan fingerprint density at radius 3 is 2.09 bits per heavy atom. The Morgan fingerprint density at radius 2 is 1.82 bits per heavy atom. The summed E-state index contributed by atoms with van der Waals surface area (Å²) < 4.78 is 0. The van der Waals surface area contributed by atoms with Crippen LogP contribution in [0, 0.1) is 11.8 Å². The average Bonchev–Trinajstić information content (AvgIpc) is 1.88. The largest absolute Gasteiger partial charge is 0.0882 e. The topological polar surface area (TPSA) is 0 Å². The fourth-order valence-electron chi connectivity index (χ4n) is 1.70. The highest BCUT2D eigenvalue weighted by molar-refractivity contribution is 5.03. The van der Waals surface area contributed by atoms with E-state index in [0.717, 1.165) is 11.8 Å². The second kappa shape index (κ2) is 5.40. The van der Waals surface area contributed by atoms with Crippen LogP contribution in [0.5, 0.6) is 0 Å². The maximum atomic E-state index is 2.33. The molecule has 0 spiro atoms. The van der Waals surface area contributed by atoms with Gasteiger partial charge in [-0.3, -0.25) is 0 Å². The summed E-state index contributed by atoms with van der Waals surface area (Å²) in [4.78, 5) is 0. The minimum atomic E-state index is 0.782. The van der Waals surface area contributed by atoms with Gasteiger partial charge in [0.15, 0.2) is 0 Å². The second-order valence-corrected chi connectivity index (χ2v) is 3.75. The maximum absolute atomic E-state index is 2.33. The van der Waals surface area contributed by atoms with Crippen LogP contribution in [-0.4, -0.2) is 0 Å². The van der Waals surface area contributed by atoms with Gasteiger partial charge in [0.1, 0.15) is 0 Å². The zero-order valence-electron chi connectivity index (χ0n) is 8.65. The first kappa shape index (κ1) is 10.7. The molecule has 0 aromatic carbocycles. The highest BCUT2D eigenvalue weighted by Crippen LogP contribution is 2.21. The van der Waals surface area contributed by atoms with Crippen molar-refractivity contribution in [2.24, 2.45) is 11.8 Å². The summed E-state index contributed by atoms with van der Waals surface area (Å²) in [5.41, 5.74) is 1.61. The lowest BCUT2D eigenvalue weighted by Crippen LogP contribution is -2.02. The third-order valence-electron chi connectivity index (χ3n) is 2.24. The molecule has 0 aliphatic carbocycles. The van der Waals surface area contributed by atoms with Crippen LogP contribution >= 0.6 is 0 Å². The molecular weight excluding hydrogens is 132 g/mol. The standard InChI is InChI=1S/C11H22/c1-6-11(7-2)10(5)8-9(3)4/h6,9-10H,7-8H2,1-5H3. The van der Waals surface area contributed by atoms with Crippen molar-refractivity contribution in [3.63, 3.8) is 0 Å². The van der Waals surface area contributed by atoms with Gasteiger partial charge < -0.3 is 0 Å². The van der Waals surface area contributed by atoms with E-state index in [1.165, 1.54) is 12.8 Å². The normalized spacial score (nSPS) is 15.6. The van der Waals surface area contributed by atoms with Crippen molar-refractivity contribution < 1.29 is 0 Å². The van der Waals surface area contributed by atoms with Crippen LogP contribution in [0.1, 0.15) is 47.5 Å².